The first-order valence-electron chi connectivity index (χ1n) is 9.38. The van der Waals surface area contributed by atoms with E-state index in [1.165, 1.54) is 12.1 Å². The summed E-state index contributed by atoms with van der Waals surface area (Å²) < 4.78 is 24.8. The molecule has 0 radical (unpaired) electrons. The van der Waals surface area contributed by atoms with Crippen LogP contribution in [0.25, 0.3) is 16.9 Å². The predicted molar refractivity (Wildman–Crippen MR) is 115 cm³/mol. The number of imidazole rings is 1. The summed E-state index contributed by atoms with van der Waals surface area (Å²) in [6.45, 7) is 2.49. The van der Waals surface area contributed by atoms with Crippen LogP contribution in [0.5, 0.6) is 5.75 Å². The molecule has 0 fully saturated rings. The number of nitrogens with one attached hydrogen (secondary N) is 1. The predicted octanol–water partition coefficient (Wildman–Crippen LogP) is 2.92. The Morgan fingerprint density at radius 3 is 2.43 bits per heavy atom. The minimum absolute atomic E-state index is 0.0749. The molecule has 0 unspecified atom stereocenters. The highest BCUT2D eigenvalue weighted by Gasteiger charge is 2.16. The molecule has 0 aliphatic rings. The molecule has 0 saturated heterocycles. The first kappa shape index (κ1) is 19.9. The van der Waals surface area contributed by atoms with Crippen molar-refractivity contribution in [2.24, 2.45) is 5.14 Å². The molecule has 4 rings (SSSR count). The number of nitrogens with zero attached hydrogens (tertiary/aromatic N) is 3. The van der Waals surface area contributed by atoms with Crippen molar-refractivity contribution in [3.05, 3.63) is 72.2 Å². The SMILES string of the molecule is CCc1nc2c(NCc3ccc(S(N)(=O)=O)cc3)nccn2c1-c1ccc(O)cc1. The van der Waals surface area contributed by atoms with E-state index in [4.69, 9.17) is 10.1 Å². The Kier molecular flexibility index (Phi) is 5.15. The van der Waals surface area contributed by atoms with Gasteiger partial charge in [0.15, 0.2) is 11.5 Å². The van der Waals surface area contributed by atoms with Gasteiger partial charge in [0, 0.05) is 24.5 Å². The molecule has 0 spiro atoms. The molecule has 0 atom stereocenters. The molecule has 2 heterocycles. The number of aromatic hydroxyl groups is 1. The molecule has 9 heteroatoms. The summed E-state index contributed by atoms with van der Waals surface area (Å²) in [6.07, 6.45) is 4.30. The third-order valence-electron chi connectivity index (χ3n) is 4.80. The maximum absolute atomic E-state index is 11.4. The number of hydrogen-bond donors (Lipinski definition) is 3. The van der Waals surface area contributed by atoms with Crippen LogP contribution in [0.2, 0.25) is 0 Å². The first-order chi connectivity index (χ1) is 14.4. The van der Waals surface area contributed by atoms with Crippen molar-refractivity contribution in [2.75, 3.05) is 5.32 Å². The van der Waals surface area contributed by atoms with E-state index in [0.29, 0.717) is 18.0 Å². The molecule has 4 N–H and O–H groups in total. The molecule has 2 aromatic carbocycles. The van der Waals surface area contributed by atoms with Crippen LogP contribution in [0.3, 0.4) is 0 Å². The van der Waals surface area contributed by atoms with Crippen LogP contribution in [-0.4, -0.2) is 27.9 Å². The fraction of sp³-hybridized carbons (Fsp3) is 0.143. The zero-order valence-electron chi connectivity index (χ0n) is 16.3. The standard InChI is InChI=1S/C21H21N5O3S/c1-2-18-19(15-5-7-16(27)8-6-15)26-12-11-23-20(21(26)25-18)24-13-14-3-9-17(10-4-14)30(22,28)29/h3-12,27H,2,13H2,1H3,(H,23,24)(H2,22,28,29). The Balaban J connectivity index is 1.66. The van der Waals surface area contributed by atoms with Gasteiger partial charge in [0.25, 0.3) is 0 Å². The van der Waals surface area contributed by atoms with Gasteiger partial charge in [-0.2, -0.15) is 0 Å². The average molecular weight is 423 g/mol. The lowest BCUT2D eigenvalue weighted by Gasteiger charge is -2.09. The second kappa shape index (κ2) is 7.77. The number of anilines is 1. The van der Waals surface area contributed by atoms with Crippen molar-refractivity contribution < 1.29 is 13.5 Å². The van der Waals surface area contributed by atoms with Gasteiger partial charge in [-0.3, -0.25) is 4.40 Å². The van der Waals surface area contributed by atoms with E-state index >= 15 is 0 Å². The van der Waals surface area contributed by atoms with E-state index in [1.54, 1.807) is 30.5 Å². The highest BCUT2D eigenvalue weighted by Crippen LogP contribution is 2.29. The molecule has 0 aliphatic heterocycles. The van der Waals surface area contributed by atoms with Crippen molar-refractivity contribution in [3.63, 3.8) is 0 Å². The van der Waals surface area contributed by atoms with E-state index in [1.807, 2.05) is 29.7 Å². The molecule has 0 amide bonds. The normalized spacial score (nSPS) is 11.7. The number of hydrogen-bond acceptors (Lipinski definition) is 6. The van der Waals surface area contributed by atoms with Gasteiger partial charge in [0.2, 0.25) is 10.0 Å². The Morgan fingerprint density at radius 1 is 1.10 bits per heavy atom. The maximum Gasteiger partial charge on any atom is 0.238 e. The number of primary sulfonamides is 1. The van der Waals surface area contributed by atoms with Gasteiger partial charge in [-0.25, -0.2) is 23.5 Å². The lowest BCUT2D eigenvalue weighted by molar-refractivity contribution is 0.475. The molecule has 2 aromatic heterocycles. The molecule has 30 heavy (non-hydrogen) atoms. The van der Waals surface area contributed by atoms with Crippen LogP contribution in [0.4, 0.5) is 5.82 Å². The summed E-state index contributed by atoms with van der Waals surface area (Å²) in [6, 6.07) is 13.4. The van der Waals surface area contributed by atoms with Crippen molar-refractivity contribution in [1.82, 2.24) is 14.4 Å². The topological polar surface area (TPSA) is 123 Å². The van der Waals surface area contributed by atoms with E-state index < -0.39 is 10.0 Å². The second-order valence-corrected chi connectivity index (χ2v) is 8.38. The summed E-state index contributed by atoms with van der Waals surface area (Å²) in [5, 5.41) is 18.0. The summed E-state index contributed by atoms with van der Waals surface area (Å²) in [4.78, 5) is 9.27. The van der Waals surface area contributed by atoms with Gasteiger partial charge in [-0.1, -0.05) is 19.1 Å². The van der Waals surface area contributed by atoms with E-state index in [0.717, 1.165) is 28.9 Å². The summed E-state index contributed by atoms with van der Waals surface area (Å²) in [5.41, 5.74) is 4.41. The smallest absolute Gasteiger partial charge is 0.238 e. The zero-order chi connectivity index (χ0) is 21.3. The fourth-order valence-electron chi connectivity index (χ4n) is 3.30. The van der Waals surface area contributed by atoms with Crippen LogP contribution >= 0.6 is 0 Å². The van der Waals surface area contributed by atoms with Crippen molar-refractivity contribution in [2.45, 2.75) is 24.8 Å². The Morgan fingerprint density at radius 2 is 1.80 bits per heavy atom. The quantitative estimate of drug-likeness (QED) is 0.438. The Hall–Kier alpha value is -3.43. The Bertz CT molecular complexity index is 1300. The number of nitrogens with two attached hydrogens (primary N) is 1. The second-order valence-electron chi connectivity index (χ2n) is 6.82. The monoisotopic (exact) mass is 423 g/mol. The highest BCUT2D eigenvalue weighted by atomic mass is 32.2. The van der Waals surface area contributed by atoms with Crippen molar-refractivity contribution >= 4 is 21.5 Å². The molecule has 0 bridgehead atoms. The number of sulfonamides is 1. The number of aromatic nitrogens is 3. The highest BCUT2D eigenvalue weighted by molar-refractivity contribution is 7.89. The molecule has 8 nitrogen and oxygen atoms in total. The lowest BCUT2D eigenvalue weighted by Crippen LogP contribution is -2.12. The Labute approximate surface area is 174 Å². The van der Waals surface area contributed by atoms with Gasteiger partial charge in [0.05, 0.1) is 16.3 Å². The van der Waals surface area contributed by atoms with Gasteiger partial charge in [-0.15, -0.1) is 0 Å². The zero-order valence-corrected chi connectivity index (χ0v) is 17.1. The molecular formula is C21H21N5O3S. The minimum Gasteiger partial charge on any atom is -0.508 e. The summed E-state index contributed by atoms with van der Waals surface area (Å²) in [7, 11) is -3.71. The minimum atomic E-state index is -3.71. The summed E-state index contributed by atoms with van der Waals surface area (Å²) >= 11 is 0. The van der Waals surface area contributed by atoms with Crippen molar-refractivity contribution in [1.29, 1.82) is 0 Å². The molecular weight excluding hydrogens is 402 g/mol. The van der Waals surface area contributed by atoms with Crippen LogP contribution < -0.4 is 10.5 Å². The molecule has 4 aromatic rings. The van der Waals surface area contributed by atoms with E-state index in [2.05, 4.69) is 10.3 Å². The number of rotatable bonds is 6. The van der Waals surface area contributed by atoms with Gasteiger partial charge < -0.3 is 10.4 Å². The number of fused-ring (bicyclic) bond motifs is 1. The third kappa shape index (κ3) is 3.85. The average Bonchev–Trinajstić information content (AvgIpc) is 3.12. The maximum atomic E-state index is 11.4. The van der Waals surface area contributed by atoms with Crippen LogP contribution in [0.1, 0.15) is 18.2 Å². The van der Waals surface area contributed by atoms with Crippen LogP contribution in [0, 0.1) is 0 Å². The van der Waals surface area contributed by atoms with Gasteiger partial charge in [0.1, 0.15) is 5.75 Å². The molecule has 0 saturated carbocycles. The lowest BCUT2D eigenvalue weighted by atomic mass is 10.1. The number of benzene rings is 2. The van der Waals surface area contributed by atoms with Gasteiger partial charge >= 0.3 is 0 Å². The third-order valence-corrected chi connectivity index (χ3v) is 5.73. The fourth-order valence-corrected chi connectivity index (χ4v) is 3.82. The number of phenols is 1. The van der Waals surface area contributed by atoms with E-state index in [-0.39, 0.29) is 10.6 Å². The summed E-state index contributed by atoms with van der Waals surface area (Å²) in [5.74, 6) is 0.829. The van der Waals surface area contributed by atoms with Gasteiger partial charge in [-0.05, 0) is 48.4 Å². The largest absolute Gasteiger partial charge is 0.508 e. The first-order valence-corrected chi connectivity index (χ1v) is 10.9. The van der Waals surface area contributed by atoms with Crippen LogP contribution in [-0.2, 0) is 23.0 Å². The molecule has 154 valence electrons. The van der Waals surface area contributed by atoms with E-state index in [9.17, 15) is 13.5 Å². The van der Waals surface area contributed by atoms with Crippen LogP contribution in [0.15, 0.2) is 65.8 Å². The number of aryl methyl sites for hydroxylation is 1. The van der Waals surface area contributed by atoms with Crippen molar-refractivity contribution in [3.8, 4) is 17.0 Å². The number of phenolic OH excluding ortho intramolecular Hbond substituents is 1. The molecule has 0 aliphatic carbocycles.